The number of nitrogens with zero attached hydrogens (tertiary/aromatic N) is 3. The third-order valence-electron chi connectivity index (χ3n) is 4.90. The molecule has 27 heavy (non-hydrogen) atoms. The molecule has 2 N–H and O–H groups in total. The highest BCUT2D eigenvalue weighted by molar-refractivity contribution is 7.90. The zero-order valence-electron chi connectivity index (χ0n) is 15.4. The van der Waals surface area contributed by atoms with Crippen LogP contribution in [0.25, 0.3) is 0 Å². The second-order valence-electron chi connectivity index (χ2n) is 6.90. The van der Waals surface area contributed by atoms with Crippen LogP contribution in [0.3, 0.4) is 0 Å². The van der Waals surface area contributed by atoms with Crippen LogP contribution in [0.2, 0.25) is 0 Å². The second-order valence-corrected chi connectivity index (χ2v) is 8.92. The van der Waals surface area contributed by atoms with Gasteiger partial charge >= 0.3 is 0 Å². The second kappa shape index (κ2) is 7.77. The molecule has 1 aliphatic rings. The summed E-state index contributed by atoms with van der Waals surface area (Å²) in [6.07, 6.45) is 2.96. The molecule has 146 valence electrons. The van der Waals surface area contributed by atoms with E-state index in [-0.39, 0.29) is 35.8 Å². The molecule has 0 saturated heterocycles. The lowest BCUT2D eigenvalue weighted by atomic mass is 9.79. The number of sulfone groups is 1. The summed E-state index contributed by atoms with van der Waals surface area (Å²) < 4.78 is 24.9. The molecule has 0 spiro atoms. The molecule has 1 heterocycles. The van der Waals surface area contributed by atoms with Gasteiger partial charge in [0.05, 0.1) is 11.3 Å². The Morgan fingerprint density at radius 2 is 1.93 bits per heavy atom. The summed E-state index contributed by atoms with van der Waals surface area (Å²) in [7, 11) is -3.23. The number of carbonyl (C=O) groups is 1. The Balaban J connectivity index is 1.51. The van der Waals surface area contributed by atoms with Crippen LogP contribution < -0.4 is 5.32 Å². The van der Waals surface area contributed by atoms with Gasteiger partial charge in [-0.25, -0.2) is 8.42 Å². The van der Waals surface area contributed by atoms with Crippen molar-refractivity contribution in [2.45, 2.75) is 56.2 Å². The molecule has 0 aliphatic heterocycles. The summed E-state index contributed by atoms with van der Waals surface area (Å²) in [5, 5.41) is 20.5. The standard InChI is InChI=1S/C18H24N4O4S/c1-3-22-16(11-23)20-21-18(22)13-9-14(10-13)19-17(24)8-12-4-6-15(7-5-12)27(2,25)26/h4-7,13-14,23H,3,8-11H2,1-2H3,(H,19,24). The van der Waals surface area contributed by atoms with Crippen molar-refractivity contribution in [3.05, 3.63) is 41.5 Å². The fraction of sp³-hybridized carbons (Fsp3) is 0.500. The fourth-order valence-electron chi connectivity index (χ4n) is 3.38. The Hall–Kier alpha value is -2.26. The molecule has 1 amide bonds. The first-order chi connectivity index (χ1) is 12.8. The quantitative estimate of drug-likeness (QED) is 0.720. The van der Waals surface area contributed by atoms with Gasteiger partial charge in [-0.15, -0.1) is 10.2 Å². The van der Waals surface area contributed by atoms with Crippen molar-refractivity contribution in [3.63, 3.8) is 0 Å². The van der Waals surface area contributed by atoms with Crippen molar-refractivity contribution in [2.24, 2.45) is 0 Å². The van der Waals surface area contributed by atoms with Gasteiger partial charge in [0.15, 0.2) is 15.7 Å². The zero-order chi connectivity index (χ0) is 19.6. The average molecular weight is 392 g/mol. The molecule has 9 heteroatoms. The molecule has 1 saturated carbocycles. The summed E-state index contributed by atoms with van der Waals surface area (Å²) in [6.45, 7) is 2.56. The summed E-state index contributed by atoms with van der Waals surface area (Å²) in [6, 6.07) is 6.47. The van der Waals surface area contributed by atoms with Crippen LogP contribution in [-0.2, 0) is 34.2 Å². The molecule has 0 bridgehead atoms. The fourth-order valence-corrected chi connectivity index (χ4v) is 4.01. The highest BCUT2D eigenvalue weighted by atomic mass is 32.2. The number of aliphatic hydroxyl groups excluding tert-OH is 1. The molecule has 0 unspecified atom stereocenters. The van der Waals surface area contributed by atoms with Crippen LogP contribution in [-0.4, -0.2) is 46.5 Å². The van der Waals surface area contributed by atoms with E-state index in [0.29, 0.717) is 12.4 Å². The van der Waals surface area contributed by atoms with Crippen LogP contribution in [0.15, 0.2) is 29.2 Å². The maximum Gasteiger partial charge on any atom is 0.224 e. The Kier molecular flexibility index (Phi) is 5.61. The Morgan fingerprint density at radius 1 is 1.26 bits per heavy atom. The molecule has 2 aromatic rings. The molecule has 1 aliphatic carbocycles. The number of hydrogen-bond donors (Lipinski definition) is 2. The van der Waals surface area contributed by atoms with E-state index in [1.807, 2.05) is 11.5 Å². The number of rotatable bonds is 7. The van der Waals surface area contributed by atoms with Gasteiger partial charge in [-0.05, 0) is 37.5 Å². The van der Waals surface area contributed by atoms with Gasteiger partial charge in [0.25, 0.3) is 0 Å². The third kappa shape index (κ3) is 4.36. The Morgan fingerprint density at radius 3 is 2.48 bits per heavy atom. The van der Waals surface area contributed by atoms with Crippen LogP contribution in [0.5, 0.6) is 0 Å². The van der Waals surface area contributed by atoms with Crippen molar-refractivity contribution in [3.8, 4) is 0 Å². The van der Waals surface area contributed by atoms with E-state index in [1.165, 1.54) is 12.1 Å². The van der Waals surface area contributed by atoms with Gasteiger partial charge in [0, 0.05) is 24.8 Å². The molecular formula is C18H24N4O4S. The maximum absolute atomic E-state index is 12.2. The largest absolute Gasteiger partial charge is 0.388 e. The molecule has 8 nitrogen and oxygen atoms in total. The molecule has 1 aromatic carbocycles. The van der Waals surface area contributed by atoms with Gasteiger partial charge in [-0.1, -0.05) is 12.1 Å². The van der Waals surface area contributed by atoms with Crippen molar-refractivity contribution < 1.29 is 18.3 Å². The van der Waals surface area contributed by atoms with Crippen LogP contribution in [0.4, 0.5) is 0 Å². The SMILES string of the molecule is CCn1c(CO)nnc1C1CC(NC(=O)Cc2ccc(S(C)(=O)=O)cc2)C1. The number of aromatic nitrogens is 3. The molecular weight excluding hydrogens is 368 g/mol. The highest BCUT2D eigenvalue weighted by Gasteiger charge is 2.35. The lowest BCUT2D eigenvalue weighted by molar-refractivity contribution is -0.121. The monoisotopic (exact) mass is 392 g/mol. The van der Waals surface area contributed by atoms with Gasteiger partial charge in [-0.3, -0.25) is 4.79 Å². The van der Waals surface area contributed by atoms with Crippen LogP contribution in [0.1, 0.15) is 42.9 Å². The topological polar surface area (TPSA) is 114 Å². The summed E-state index contributed by atoms with van der Waals surface area (Å²) in [4.78, 5) is 12.5. The van der Waals surface area contributed by atoms with Gasteiger partial charge in [0.1, 0.15) is 12.4 Å². The minimum absolute atomic E-state index is 0.0847. The van der Waals surface area contributed by atoms with E-state index < -0.39 is 9.84 Å². The normalized spacial score (nSPS) is 19.5. The lowest BCUT2D eigenvalue weighted by Gasteiger charge is -2.35. The summed E-state index contributed by atoms with van der Waals surface area (Å²) >= 11 is 0. The zero-order valence-corrected chi connectivity index (χ0v) is 16.2. The van der Waals surface area contributed by atoms with E-state index >= 15 is 0 Å². The first kappa shape index (κ1) is 19.5. The number of nitrogens with one attached hydrogen (secondary N) is 1. The van der Waals surface area contributed by atoms with Gasteiger partial charge in [0.2, 0.25) is 5.91 Å². The van der Waals surface area contributed by atoms with E-state index in [0.717, 1.165) is 30.5 Å². The minimum atomic E-state index is -3.23. The Labute approximate surface area is 158 Å². The van der Waals surface area contributed by atoms with E-state index in [4.69, 9.17) is 0 Å². The van der Waals surface area contributed by atoms with Crippen molar-refractivity contribution >= 4 is 15.7 Å². The molecule has 0 radical (unpaired) electrons. The maximum atomic E-state index is 12.2. The number of hydrogen-bond acceptors (Lipinski definition) is 6. The first-order valence-electron chi connectivity index (χ1n) is 8.93. The smallest absolute Gasteiger partial charge is 0.224 e. The lowest BCUT2D eigenvalue weighted by Crippen LogP contribution is -2.44. The number of carbonyl (C=O) groups excluding carboxylic acids is 1. The van der Waals surface area contributed by atoms with E-state index in [9.17, 15) is 18.3 Å². The predicted octanol–water partition coefficient (Wildman–Crippen LogP) is 0.799. The van der Waals surface area contributed by atoms with Crippen LogP contribution >= 0.6 is 0 Å². The predicted molar refractivity (Wildman–Crippen MR) is 98.8 cm³/mol. The number of benzene rings is 1. The molecule has 1 aromatic heterocycles. The summed E-state index contributed by atoms with van der Waals surface area (Å²) in [5.74, 6) is 1.58. The van der Waals surface area contributed by atoms with Gasteiger partial charge in [-0.2, -0.15) is 0 Å². The van der Waals surface area contributed by atoms with Crippen molar-refractivity contribution in [2.75, 3.05) is 6.26 Å². The van der Waals surface area contributed by atoms with Crippen molar-refractivity contribution in [1.82, 2.24) is 20.1 Å². The number of aliphatic hydroxyl groups is 1. The molecule has 0 atom stereocenters. The highest BCUT2D eigenvalue weighted by Crippen LogP contribution is 2.36. The van der Waals surface area contributed by atoms with Crippen molar-refractivity contribution in [1.29, 1.82) is 0 Å². The third-order valence-corrected chi connectivity index (χ3v) is 6.03. The molecule has 3 rings (SSSR count). The number of amides is 1. The Bertz CT molecular complexity index is 915. The van der Waals surface area contributed by atoms with Crippen LogP contribution in [0, 0.1) is 0 Å². The van der Waals surface area contributed by atoms with Gasteiger partial charge < -0.3 is 15.0 Å². The minimum Gasteiger partial charge on any atom is -0.388 e. The van der Waals surface area contributed by atoms with E-state index in [2.05, 4.69) is 15.5 Å². The summed E-state index contributed by atoms with van der Waals surface area (Å²) in [5.41, 5.74) is 0.772. The average Bonchev–Trinajstić information content (AvgIpc) is 2.99. The first-order valence-corrected chi connectivity index (χ1v) is 10.8. The van der Waals surface area contributed by atoms with E-state index in [1.54, 1.807) is 12.1 Å². The molecule has 1 fully saturated rings.